The van der Waals surface area contributed by atoms with E-state index in [-0.39, 0.29) is 11.7 Å². The van der Waals surface area contributed by atoms with Crippen LogP contribution < -0.4 is 5.32 Å². The van der Waals surface area contributed by atoms with Gasteiger partial charge in [0.05, 0.1) is 17.6 Å². The highest BCUT2D eigenvalue weighted by Gasteiger charge is 2.39. The van der Waals surface area contributed by atoms with Gasteiger partial charge in [0.2, 0.25) is 0 Å². The van der Waals surface area contributed by atoms with Crippen molar-refractivity contribution in [2.75, 3.05) is 0 Å². The Labute approximate surface area is 174 Å². The minimum absolute atomic E-state index is 0.0545. The van der Waals surface area contributed by atoms with Crippen LogP contribution in [-0.2, 0) is 4.79 Å². The van der Waals surface area contributed by atoms with E-state index in [4.69, 9.17) is 23.2 Å². The highest BCUT2D eigenvalue weighted by Crippen LogP contribution is 2.46. The molecule has 2 atom stereocenters. The summed E-state index contributed by atoms with van der Waals surface area (Å²) in [4.78, 5) is 13.2. The molecular formula is C23H18Cl2N2O. The van der Waals surface area contributed by atoms with Gasteiger partial charge in [0.1, 0.15) is 0 Å². The lowest BCUT2D eigenvalue weighted by molar-refractivity contribution is -0.116. The molecule has 0 spiro atoms. The van der Waals surface area contributed by atoms with Crippen LogP contribution in [0.4, 0.5) is 0 Å². The van der Waals surface area contributed by atoms with E-state index in [1.54, 1.807) is 12.1 Å². The van der Waals surface area contributed by atoms with Gasteiger partial charge in [0.15, 0.2) is 5.78 Å². The summed E-state index contributed by atoms with van der Waals surface area (Å²) in [5.41, 5.74) is 4.71. The van der Waals surface area contributed by atoms with E-state index in [9.17, 15) is 10.1 Å². The van der Waals surface area contributed by atoms with Crippen LogP contribution in [0.5, 0.6) is 0 Å². The molecule has 2 aliphatic rings. The van der Waals surface area contributed by atoms with Crippen molar-refractivity contribution >= 4 is 29.0 Å². The Morgan fingerprint density at radius 3 is 2.54 bits per heavy atom. The van der Waals surface area contributed by atoms with Crippen LogP contribution in [0.25, 0.3) is 0 Å². The van der Waals surface area contributed by atoms with Crippen molar-refractivity contribution in [2.24, 2.45) is 0 Å². The Balaban J connectivity index is 1.82. The molecule has 3 nitrogen and oxygen atoms in total. The standard InChI is InChI=1S/C23H18Cl2N2O/c1-13-18(12-26)22(17-8-7-16(24)11-19(17)25)23-20(27-13)9-15(10-21(23)28)14-5-3-2-4-6-14/h2-8,11,15,22,27H,9-10H2,1H3/t15-,22+/m1/s1. The first kappa shape index (κ1) is 18.8. The minimum Gasteiger partial charge on any atom is -0.361 e. The van der Waals surface area contributed by atoms with Gasteiger partial charge in [0, 0.05) is 33.4 Å². The zero-order chi connectivity index (χ0) is 19.8. The summed E-state index contributed by atoms with van der Waals surface area (Å²) < 4.78 is 0. The summed E-state index contributed by atoms with van der Waals surface area (Å²) in [6.45, 7) is 1.87. The van der Waals surface area contributed by atoms with Gasteiger partial charge in [-0.1, -0.05) is 59.6 Å². The lowest BCUT2D eigenvalue weighted by atomic mass is 9.72. The fourth-order valence-corrected chi connectivity index (χ4v) is 4.71. The molecule has 0 aromatic heterocycles. The van der Waals surface area contributed by atoms with Gasteiger partial charge in [-0.15, -0.1) is 0 Å². The Kier molecular flexibility index (Phi) is 5.02. The Hall–Kier alpha value is -2.54. The van der Waals surface area contributed by atoms with Crippen LogP contribution in [0.3, 0.4) is 0 Å². The molecule has 140 valence electrons. The molecule has 1 aliphatic carbocycles. The van der Waals surface area contributed by atoms with E-state index < -0.39 is 5.92 Å². The second-order valence-electron chi connectivity index (χ2n) is 7.21. The molecule has 0 bridgehead atoms. The third-order valence-electron chi connectivity index (χ3n) is 5.49. The number of hydrogen-bond acceptors (Lipinski definition) is 3. The zero-order valence-electron chi connectivity index (χ0n) is 15.3. The molecule has 0 fully saturated rings. The van der Waals surface area contributed by atoms with E-state index in [0.29, 0.717) is 27.6 Å². The number of nitrogens with zero attached hydrogens (tertiary/aromatic N) is 1. The summed E-state index contributed by atoms with van der Waals surface area (Å²) in [6.07, 6.45) is 1.15. The Morgan fingerprint density at radius 2 is 1.86 bits per heavy atom. The largest absolute Gasteiger partial charge is 0.361 e. The lowest BCUT2D eigenvalue weighted by Gasteiger charge is -2.36. The van der Waals surface area contributed by atoms with Crippen molar-refractivity contribution in [3.63, 3.8) is 0 Å². The third-order valence-corrected chi connectivity index (χ3v) is 6.05. The molecule has 4 rings (SSSR count). The summed E-state index contributed by atoms with van der Waals surface area (Å²) in [6, 6.07) is 17.6. The Morgan fingerprint density at radius 1 is 1.11 bits per heavy atom. The van der Waals surface area contributed by atoms with Crippen molar-refractivity contribution in [1.82, 2.24) is 5.32 Å². The van der Waals surface area contributed by atoms with E-state index in [1.165, 1.54) is 0 Å². The van der Waals surface area contributed by atoms with E-state index in [0.717, 1.165) is 28.9 Å². The monoisotopic (exact) mass is 408 g/mol. The van der Waals surface area contributed by atoms with Crippen LogP contribution in [0.2, 0.25) is 10.0 Å². The van der Waals surface area contributed by atoms with Gasteiger partial charge in [-0.3, -0.25) is 4.79 Å². The summed E-state index contributed by atoms with van der Waals surface area (Å²) in [5, 5.41) is 14.1. The van der Waals surface area contributed by atoms with Crippen molar-refractivity contribution in [3.8, 4) is 6.07 Å². The number of nitriles is 1. The first-order chi connectivity index (χ1) is 13.5. The average molecular weight is 409 g/mol. The van der Waals surface area contributed by atoms with Gasteiger partial charge in [-0.25, -0.2) is 0 Å². The molecule has 1 N–H and O–H groups in total. The van der Waals surface area contributed by atoms with E-state index >= 15 is 0 Å². The number of benzene rings is 2. The van der Waals surface area contributed by atoms with Gasteiger partial charge in [-0.2, -0.15) is 5.26 Å². The van der Waals surface area contributed by atoms with E-state index in [1.807, 2.05) is 31.2 Å². The van der Waals surface area contributed by atoms with Crippen molar-refractivity contribution in [3.05, 3.63) is 92.2 Å². The molecule has 5 heteroatoms. The van der Waals surface area contributed by atoms with Crippen LogP contribution in [-0.4, -0.2) is 5.78 Å². The fraction of sp³-hybridized carbons (Fsp3) is 0.217. The highest BCUT2D eigenvalue weighted by atomic mass is 35.5. The molecule has 0 unspecified atom stereocenters. The minimum atomic E-state index is -0.463. The van der Waals surface area contributed by atoms with Crippen LogP contribution in [0, 0.1) is 11.3 Å². The number of carbonyl (C=O) groups is 1. The molecule has 2 aromatic carbocycles. The molecule has 0 saturated heterocycles. The predicted octanol–water partition coefficient (Wildman–Crippen LogP) is 5.88. The maximum absolute atomic E-state index is 13.2. The molecular weight excluding hydrogens is 391 g/mol. The number of carbonyl (C=O) groups excluding carboxylic acids is 1. The molecule has 0 amide bonds. The van der Waals surface area contributed by atoms with Crippen LogP contribution >= 0.6 is 23.2 Å². The number of halogens is 2. The summed E-state index contributed by atoms with van der Waals surface area (Å²) in [5.74, 6) is -0.285. The summed E-state index contributed by atoms with van der Waals surface area (Å²) in [7, 11) is 0. The molecule has 28 heavy (non-hydrogen) atoms. The van der Waals surface area contributed by atoms with Crippen LogP contribution in [0.1, 0.15) is 42.7 Å². The Bertz CT molecular complexity index is 1060. The topological polar surface area (TPSA) is 52.9 Å². The number of rotatable bonds is 2. The first-order valence-electron chi connectivity index (χ1n) is 9.13. The lowest BCUT2D eigenvalue weighted by Crippen LogP contribution is -2.33. The zero-order valence-corrected chi connectivity index (χ0v) is 16.8. The fourth-order valence-electron chi connectivity index (χ4n) is 4.19. The SMILES string of the molecule is CC1=C(C#N)[C@H](c2ccc(Cl)cc2Cl)C2=C(C[C@@H](c3ccccc3)CC2=O)N1. The number of ketones is 1. The van der Waals surface area contributed by atoms with Gasteiger partial charge in [0.25, 0.3) is 0 Å². The first-order valence-corrected chi connectivity index (χ1v) is 9.89. The maximum Gasteiger partial charge on any atom is 0.162 e. The van der Waals surface area contributed by atoms with Crippen molar-refractivity contribution < 1.29 is 4.79 Å². The smallest absolute Gasteiger partial charge is 0.162 e. The van der Waals surface area contributed by atoms with Gasteiger partial charge < -0.3 is 5.32 Å². The molecule has 2 aromatic rings. The number of nitrogens with one attached hydrogen (secondary N) is 1. The third kappa shape index (κ3) is 3.24. The molecule has 0 saturated carbocycles. The normalized spacial score (nSPS) is 21.9. The number of hydrogen-bond donors (Lipinski definition) is 1. The van der Waals surface area contributed by atoms with Crippen molar-refractivity contribution in [2.45, 2.75) is 31.6 Å². The predicted molar refractivity (Wildman–Crippen MR) is 111 cm³/mol. The number of allylic oxidation sites excluding steroid dienone is 4. The molecule has 1 aliphatic heterocycles. The average Bonchev–Trinajstić information content (AvgIpc) is 2.67. The highest BCUT2D eigenvalue weighted by molar-refractivity contribution is 6.35. The number of Topliss-reactive ketones (excluding diaryl/α,β-unsaturated/α-hetero) is 1. The second-order valence-corrected chi connectivity index (χ2v) is 8.05. The molecule has 0 radical (unpaired) electrons. The van der Waals surface area contributed by atoms with Crippen LogP contribution in [0.15, 0.2) is 71.1 Å². The molecule has 1 heterocycles. The van der Waals surface area contributed by atoms with E-state index in [2.05, 4.69) is 23.5 Å². The van der Waals surface area contributed by atoms with Gasteiger partial charge >= 0.3 is 0 Å². The summed E-state index contributed by atoms with van der Waals surface area (Å²) >= 11 is 12.5. The second kappa shape index (κ2) is 7.47. The maximum atomic E-state index is 13.2. The van der Waals surface area contributed by atoms with Crippen molar-refractivity contribution in [1.29, 1.82) is 5.26 Å². The quantitative estimate of drug-likeness (QED) is 0.674. The number of dihydropyridines is 1. The van der Waals surface area contributed by atoms with Gasteiger partial charge in [-0.05, 0) is 42.5 Å².